The molecule has 0 aliphatic rings. The Bertz CT molecular complexity index is 147. The predicted molar refractivity (Wildman–Crippen MR) is 38.2 cm³/mol. The highest BCUT2D eigenvalue weighted by Crippen LogP contribution is 2.05. The van der Waals surface area contributed by atoms with Crippen molar-refractivity contribution >= 4 is 5.97 Å². The maximum absolute atomic E-state index is 10.2. The summed E-state index contributed by atoms with van der Waals surface area (Å²) < 4.78 is 0. The number of aliphatic carboxylic acids is 1. The Balaban J connectivity index is 4.02. The van der Waals surface area contributed by atoms with Crippen molar-refractivity contribution in [2.24, 2.45) is 5.92 Å². The fraction of sp³-hybridized carbons (Fsp3) is 0.625. The molecule has 0 aromatic rings. The minimum absolute atomic E-state index is 0.328. The number of carbonyl (C=O) groups is 1. The van der Waals surface area contributed by atoms with E-state index in [-0.39, 0.29) is 0 Å². The molecule has 2 nitrogen and oxygen atoms in total. The maximum Gasteiger partial charge on any atom is 0.0668 e. The summed E-state index contributed by atoms with van der Waals surface area (Å²) in [6, 6.07) is 0. The number of carboxylic acid groups (broad SMARTS) is 1. The number of carboxylic acids is 1. The molecule has 0 aromatic carbocycles. The van der Waals surface area contributed by atoms with Crippen LogP contribution in [-0.2, 0) is 4.79 Å². The second-order valence-electron chi connectivity index (χ2n) is 2.52. The summed E-state index contributed by atoms with van der Waals surface area (Å²) in [5.74, 6) is -0.738. The van der Waals surface area contributed by atoms with Crippen molar-refractivity contribution in [1.82, 2.24) is 0 Å². The van der Waals surface area contributed by atoms with E-state index in [1.165, 1.54) is 0 Å². The van der Waals surface area contributed by atoms with E-state index < -0.39 is 5.97 Å². The highest BCUT2D eigenvalue weighted by atomic mass is 16.4. The molecule has 0 aliphatic heterocycles. The average Bonchev–Trinajstić information content (AvgIpc) is 1.87. The van der Waals surface area contributed by atoms with Crippen LogP contribution in [0.3, 0.4) is 0 Å². The van der Waals surface area contributed by atoms with Crippen LogP contribution in [0.4, 0.5) is 0 Å². The molecule has 0 radical (unpaired) electrons. The number of allylic oxidation sites excluding steroid dienone is 1. The first kappa shape index (κ1) is 9.21. The fourth-order valence-corrected chi connectivity index (χ4v) is 0.613. The van der Waals surface area contributed by atoms with Gasteiger partial charge in [0.2, 0.25) is 0 Å². The summed E-state index contributed by atoms with van der Waals surface area (Å²) in [6.45, 7) is 5.55. The van der Waals surface area contributed by atoms with E-state index in [2.05, 4.69) is 0 Å². The molecule has 0 fully saturated rings. The summed E-state index contributed by atoms with van der Waals surface area (Å²) in [7, 11) is 0. The van der Waals surface area contributed by atoms with E-state index in [9.17, 15) is 9.90 Å². The quantitative estimate of drug-likeness (QED) is 0.543. The van der Waals surface area contributed by atoms with E-state index >= 15 is 0 Å². The van der Waals surface area contributed by atoms with Gasteiger partial charge in [-0.05, 0) is 18.4 Å². The molecule has 0 heterocycles. The Morgan fingerprint density at radius 3 is 2.50 bits per heavy atom. The molecule has 0 aromatic heterocycles. The fourth-order valence-electron chi connectivity index (χ4n) is 0.613. The van der Waals surface area contributed by atoms with Gasteiger partial charge in [-0.25, -0.2) is 0 Å². The van der Waals surface area contributed by atoms with E-state index in [0.717, 1.165) is 6.42 Å². The van der Waals surface area contributed by atoms with Gasteiger partial charge in [0.25, 0.3) is 0 Å². The van der Waals surface area contributed by atoms with Crippen LogP contribution < -0.4 is 5.11 Å². The van der Waals surface area contributed by atoms with Crippen molar-refractivity contribution in [3.8, 4) is 0 Å². The molecule has 0 rings (SSSR count). The second kappa shape index (κ2) is 4.09. The van der Waals surface area contributed by atoms with Crippen LogP contribution in [-0.4, -0.2) is 5.97 Å². The molecule has 0 saturated carbocycles. The van der Waals surface area contributed by atoms with Crippen molar-refractivity contribution in [2.75, 3.05) is 0 Å². The van der Waals surface area contributed by atoms with Gasteiger partial charge in [0, 0.05) is 0 Å². The third-order valence-corrected chi connectivity index (χ3v) is 1.50. The van der Waals surface area contributed by atoms with Crippen LogP contribution in [0.15, 0.2) is 11.6 Å². The summed E-state index contributed by atoms with van der Waals surface area (Å²) >= 11 is 0. The summed E-state index contributed by atoms with van der Waals surface area (Å²) in [5, 5.41) is 10.2. The van der Waals surface area contributed by atoms with E-state index in [1.54, 1.807) is 13.0 Å². The third kappa shape index (κ3) is 3.28. The molecule has 58 valence electrons. The minimum Gasteiger partial charge on any atom is -0.545 e. The Morgan fingerprint density at radius 1 is 1.70 bits per heavy atom. The molecule has 1 atom stereocenters. The van der Waals surface area contributed by atoms with Gasteiger partial charge in [-0.3, -0.25) is 0 Å². The van der Waals surface area contributed by atoms with Gasteiger partial charge in [0.05, 0.1) is 5.97 Å². The topological polar surface area (TPSA) is 40.1 Å². The molecule has 2 heteroatoms. The zero-order chi connectivity index (χ0) is 8.15. The lowest BCUT2D eigenvalue weighted by atomic mass is 10.1. The van der Waals surface area contributed by atoms with Crippen molar-refractivity contribution < 1.29 is 9.90 Å². The summed E-state index contributed by atoms with van der Waals surface area (Å²) in [5.41, 5.74) is 0.328. The normalized spacial score (nSPS) is 14.9. The Kier molecular flexibility index (Phi) is 3.77. The molecule has 0 amide bonds. The van der Waals surface area contributed by atoms with Crippen molar-refractivity contribution in [3.63, 3.8) is 0 Å². The van der Waals surface area contributed by atoms with Gasteiger partial charge in [-0.1, -0.05) is 26.3 Å². The highest BCUT2D eigenvalue weighted by molar-refractivity contribution is 5.83. The molecular weight excluding hydrogens is 128 g/mol. The number of hydrogen-bond acceptors (Lipinski definition) is 2. The van der Waals surface area contributed by atoms with E-state index in [0.29, 0.717) is 11.5 Å². The van der Waals surface area contributed by atoms with Gasteiger partial charge < -0.3 is 9.90 Å². The average molecular weight is 141 g/mol. The first-order valence-electron chi connectivity index (χ1n) is 3.47. The molecule has 0 N–H and O–H groups in total. The number of rotatable bonds is 3. The molecule has 0 saturated heterocycles. The van der Waals surface area contributed by atoms with Crippen molar-refractivity contribution in [1.29, 1.82) is 0 Å². The summed E-state index contributed by atoms with van der Waals surface area (Å²) in [4.78, 5) is 10.2. The Hall–Kier alpha value is -0.790. The zero-order valence-corrected chi connectivity index (χ0v) is 6.68. The minimum atomic E-state index is -1.07. The first-order valence-corrected chi connectivity index (χ1v) is 3.47. The van der Waals surface area contributed by atoms with Crippen LogP contribution >= 0.6 is 0 Å². The zero-order valence-electron chi connectivity index (χ0n) is 6.68. The second-order valence-corrected chi connectivity index (χ2v) is 2.52. The van der Waals surface area contributed by atoms with Crippen LogP contribution in [0.1, 0.15) is 27.2 Å². The van der Waals surface area contributed by atoms with Gasteiger partial charge in [-0.2, -0.15) is 0 Å². The molecule has 0 aliphatic carbocycles. The lowest BCUT2D eigenvalue weighted by molar-refractivity contribution is -0.299. The molecule has 1 unspecified atom stereocenters. The Labute approximate surface area is 61.6 Å². The van der Waals surface area contributed by atoms with Crippen molar-refractivity contribution in [3.05, 3.63) is 11.6 Å². The largest absolute Gasteiger partial charge is 0.545 e. The van der Waals surface area contributed by atoms with E-state index in [1.807, 2.05) is 13.8 Å². The third-order valence-electron chi connectivity index (χ3n) is 1.50. The van der Waals surface area contributed by atoms with E-state index in [4.69, 9.17) is 0 Å². The van der Waals surface area contributed by atoms with Crippen LogP contribution in [0, 0.1) is 5.92 Å². The number of hydrogen-bond donors (Lipinski definition) is 0. The lowest BCUT2D eigenvalue weighted by Gasteiger charge is -2.05. The highest BCUT2D eigenvalue weighted by Gasteiger charge is 1.94. The predicted octanol–water partition coefficient (Wildman–Crippen LogP) is 0.729. The lowest BCUT2D eigenvalue weighted by Crippen LogP contribution is -2.23. The smallest absolute Gasteiger partial charge is 0.0668 e. The molecule has 0 spiro atoms. The summed E-state index contributed by atoms with van der Waals surface area (Å²) in [6.07, 6.45) is 2.68. The SMILES string of the molecule is CCC(C)/C=C(\C)C(=O)[O-]. The Morgan fingerprint density at radius 2 is 2.20 bits per heavy atom. The van der Waals surface area contributed by atoms with Crippen LogP contribution in [0.2, 0.25) is 0 Å². The van der Waals surface area contributed by atoms with Crippen molar-refractivity contribution in [2.45, 2.75) is 27.2 Å². The molecular formula is C8H13O2-. The molecule has 0 bridgehead atoms. The maximum atomic E-state index is 10.2. The van der Waals surface area contributed by atoms with Gasteiger partial charge >= 0.3 is 0 Å². The van der Waals surface area contributed by atoms with Crippen LogP contribution in [0.25, 0.3) is 0 Å². The van der Waals surface area contributed by atoms with Gasteiger partial charge in [-0.15, -0.1) is 0 Å². The first-order chi connectivity index (χ1) is 4.57. The standard InChI is InChI=1S/C8H14O2/c1-4-6(2)5-7(3)8(9)10/h5-6H,4H2,1-3H3,(H,9,10)/p-1/b7-5+. The van der Waals surface area contributed by atoms with Gasteiger partial charge in [0.15, 0.2) is 0 Å². The number of carbonyl (C=O) groups excluding carboxylic acids is 1. The monoisotopic (exact) mass is 141 g/mol. The molecule has 10 heavy (non-hydrogen) atoms. The van der Waals surface area contributed by atoms with Crippen LogP contribution in [0.5, 0.6) is 0 Å². The van der Waals surface area contributed by atoms with Gasteiger partial charge in [0.1, 0.15) is 0 Å².